The van der Waals surface area contributed by atoms with Crippen LogP contribution in [0.4, 0.5) is 9.59 Å². The maximum atomic E-state index is 11.3. The molecule has 0 spiro atoms. The van der Waals surface area contributed by atoms with E-state index in [-0.39, 0.29) is 25.7 Å². The smallest absolute Gasteiger partial charge is 0.407 e. The molecule has 122 valence electrons. The summed E-state index contributed by atoms with van der Waals surface area (Å²) in [5.74, 6) is 0. The number of carboxylic acid groups (broad SMARTS) is 2. The number of rotatable bonds is 3. The Morgan fingerprint density at radius 1 is 1.17 bits per heavy atom. The predicted octanol–water partition coefficient (Wildman–Crippen LogP) is 1.16. The van der Waals surface area contributed by atoms with E-state index in [1.807, 2.05) is 24.3 Å². The molecule has 1 aliphatic heterocycles. The van der Waals surface area contributed by atoms with E-state index in [1.165, 1.54) is 9.80 Å². The molecule has 2 amide bonds. The van der Waals surface area contributed by atoms with Gasteiger partial charge in [-0.3, -0.25) is 0 Å². The lowest BCUT2D eigenvalue weighted by Crippen LogP contribution is -2.56. The van der Waals surface area contributed by atoms with Crippen molar-refractivity contribution >= 4 is 23.2 Å². The Kier molecular flexibility index (Phi) is 4.00. The number of aryl methyl sites for hydroxylation is 1. The van der Waals surface area contributed by atoms with Crippen molar-refractivity contribution in [2.45, 2.75) is 19.0 Å². The molecule has 0 saturated carbocycles. The van der Waals surface area contributed by atoms with Gasteiger partial charge in [0.05, 0.1) is 11.6 Å². The van der Waals surface area contributed by atoms with Crippen molar-refractivity contribution < 1.29 is 19.8 Å². The second-order valence-electron chi connectivity index (χ2n) is 5.45. The Bertz CT molecular complexity index is 731. The number of para-hydroxylation sites is 1. The van der Waals surface area contributed by atoms with Gasteiger partial charge < -0.3 is 20.0 Å². The Morgan fingerprint density at radius 2 is 1.96 bits per heavy atom. The van der Waals surface area contributed by atoms with Crippen LogP contribution in [0.3, 0.4) is 0 Å². The van der Waals surface area contributed by atoms with Gasteiger partial charge in [-0.1, -0.05) is 17.3 Å². The molecule has 2 N–H and O–H groups in total. The molecule has 23 heavy (non-hydrogen) atoms. The summed E-state index contributed by atoms with van der Waals surface area (Å²) in [7, 11) is 0. The number of carbonyl (C=O) groups is 2. The third-order valence-electron chi connectivity index (χ3n) is 4.09. The SMILES string of the molecule is O=C(O)N1CCN(C(=O)O)[C@H](CCn2nnc3ccccc32)C1. The molecule has 0 bridgehead atoms. The third-order valence-corrected chi connectivity index (χ3v) is 4.09. The summed E-state index contributed by atoms with van der Waals surface area (Å²) in [5, 5.41) is 26.5. The Morgan fingerprint density at radius 3 is 2.70 bits per heavy atom. The van der Waals surface area contributed by atoms with Gasteiger partial charge in [-0.15, -0.1) is 5.10 Å². The Labute approximate surface area is 131 Å². The van der Waals surface area contributed by atoms with Gasteiger partial charge in [0, 0.05) is 26.2 Å². The number of fused-ring (bicyclic) bond motifs is 1. The van der Waals surface area contributed by atoms with Crippen LogP contribution in [0.25, 0.3) is 11.0 Å². The number of hydrogen-bond acceptors (Lipinski definition) is 4. The van der Waals surface area contributed by atoms with E-state index in [1.54, 1.807) is 4.68 Å². The van der Waals surface area contributed by atoms with E-state index in [9.17, 15) is 14.7 Å². The maximum Gasteiger partial charge on any atom is 0.407 e. The highest BCUT2D eigenvalue weighted by molar-refractivity contribution is 5.73. The molecule has 2 heterocycles. The van der Waals surface area contributed by atoms with Gasteiger partial charge >= 0.3 is 12.2 Å². The molecule has 0 unspecified atom stereocenters. The quantitative estimate of drug-likeness (QED) is 0.878. The average molecular weight is 319 g/mol. The van der Waals surface area contributed by atoms with Crippen LogP contribution in [0.1, 0.15) is 6.42 Å². The fourth-order valence-electron chi connectivity index (χ4n) is 2.88. The highest BCUT2D eigenvalue weighted by atomic mass is 16.4. The van der Waals surface area contributed by atoms with Gasteiger partial charge in [-0.05, 0) is 18.6 Å². The zero-order valence-corrected chi connectivity index (χ0v) is 12.4. The number of piperazine rings is 1. The lowest BCUT2D eigenvalue weighted by Gasteiger charge is -2.38. The van der Waals surface area contributed by atoms with Crippen LogP contribution >= 0.6 is 0 Å². The van der Waals surface area contributed by atoms with E-state index < -0.39 is 12.2 Å². The van der Waals surface area contributed by atoms with E-state index in [2.05, 4.69) is 10.3 Å². The van der Waals surface area contributed by atoms with E-state index >= 15 is 0 Å². The fourth-order valence-corrected chi connectivity index (χ4v) is 2.88. The lowest BCUT2D eigenvalue weighted by molar-refractivity contribution is 0.0594. The second-order valence-corrected chi connectivity index (χ2v) is 5.45. The first-order chi connectivity index (χ1) is 11.1. The van der Waals surface area contributed by atoms with Gasteiger partial charge in [-0.25, -0.2) is 14.3 Å². The first kappa shape index (κ1) is 15.1. The highest BCUT2D eigenvalue weighted by Crippen LogP contribution is 2.16. The summed E-state index contributed by atoms with van der Waals surface area (Å²) in [6.45, 7) is 1.03. The standard InChI is InChI=1S/C14H17N5O4/c20-13(21)17-7-8-18(14(22)23)10(9-17)5-6-19-12-4-2-1-3-11(12)15-16-19/h1-4,10H,5-9H2,(H,20,21)(H,22,23)/t10-/m1/s1. The van der Waals surface area contributed by atoms with Crippen LogP contribution in [0.5, 0.6) is 0 Å². The monoisotopic (exact) mass is 319 g/mol. The number of amides is 2. The molecule has 9 nitrogen and oxygen atoms in total. The minimum absolute atomic E-state index is 0.175. The van der Waals surface area contributed by atoms with Crippen LogP contribution in [0.15, 0.2) is 24.3 Å². The zero-order valence-electron chi connectivity index (χ0n) is 12.4. The molecule has 1 aromatic heterocycles. The first-order valence-corrected chi connectivity index (χ1v) is 7.32. The topological polar surface area (TPSA) is 112 Å². The molecule has 1 atom stereocenters. The summed E-state index contributed by atoms with van der Waals surface area (Å²) in [6.07, 6.45) is -1.57. The number of benzene rings is 1. The third kappa shape index (κ3) is 3.03. The molecular formula is C14H17N5O4. The molecule has 2 aromatic rings. The van der Waals surface area contributed by atoms with Crippen LogP contribution < -0.4 is 0 Å². The zero-order chi connectivity index (χ0) is 16.4. The molecule has 0 radical (unpaired) electrons. The molecule has 3 rings (SSSR count). The summed E-state index contributed by atoms with van der Waals surface area (Å²) in [4.78, 5) is 25.0. The van der Waals surface area contributed by atoms with Crippen LogP contribution in [-0.4, -0.2) is 72.9 Å². The summed E-state index contributed by atoms with van der Waals surface area (Å²) >= 11 is 0. The van der Waals surface area contributed by atoms with E-state index in [0.717, 1.165) is 11.0 Å². The minimum atomic E-state index is -1.02. The molecule has 1 aliphatic rings. The van der Waals surface area contributed by atoms with Gasteiger partial charge in [0.25, 0.3) is 0 Å². The average Bonchev–Trinajstić information content (AvgIpc) is 2.95. The van der Waals surface area contributed by atoms with Crippen LogP contribution in [-0.2, 0) is 6.54 Å². The normalized spacial score (nSPS) is 18.3. The minimum Gasteiger partial charge on any atom is -0.465 e. The van der Waals surface area contributed by atoms with Gasteiger partial charge in [0.15, 0.2) is 0 Å². The number of hydrogen-bond donors (Lipinski definition) is 2. The van der Waals surface area contributed by atoms with Crippen molar-refractivity contribution in [1.29, 1.82) is 0 Å². The van der Waals surface area contributed by atoms with Gasteiger partial charge in [0.2, 0.25) is 0 Å². The van der Waals surface area contributed by atoms with E-state index in [0.29, 0.717) is 13.0 Å². The van der Waals surface area contributed by atoms with Crippen molar-refractivity contribution in [2.75, 3.05) is 19.6 Å². The van der Waals surface area contributed by atoms with Crippen molar-refractivity contribution in [3.8, 4) is 0 Å². The molecule has 9 heteroatoms. The van der Waals surface area contributed by atoms with Crippen molar-refractivity contribution in [2.24, 2.45) is 0 Å². The molecular weight excluding hydrogens is 302 g/mol. The maximum absolute atomic E-state index is 11.3. The first-order valence-electron chi connectivity index (χ1n) is 7.32. The highest BCUT2D eigenvalue weighted by Gasteiger charge is 2.32. The number of nitrogens with zero attached hydrogens (tertiary/aromatic N) is 5. The predicted molar refractivity (Wildman–Crippen MR) is 80.3 cm³/mol. The Hall–Kier alpha value is -2.84. The number of aromatic nitrogens is 3. The molecule has 1 aromatic carbocycles. The van der Waals surface area contributed by atoms with Crippen LogP contribution in [0.2, 0.25) is 0 Å². The Balaban J connectivity index is 1.73. The van der Waals surface area contributed by atoms with Gasteiger partial charge in [0.1, 0.15) is 5.52 Å². The second kappa shape index (κ2) is 6.11. The van der Waals surface area contributed by atoms with Crippen molar-refractivity contribution in [3.63, 3.8) is 0 Å². The molecule has 1 saturated heterocycles. The molecule has 0 aliphatic carbocycles. The van der Waals surface area contributed by atoms with Crippen molar-refractivity contribution in [1.82, 2.24) is 24.8 Å². The van der Waals surface area contributed by atoms with E-state index in [4.69, 9.17) is 5.11 Å². The molecule has 1 fully saturated rings. The van der Waals surface area contributed by atoms with Gasteiger partial charge in [-0.2, -0.15) is 0 Å². The largest absolute Gasteiger partial charge is 0.465 e. The van der Waals surface area contributed by atoms with Crippen molar-refractivity contribution in [3.05, 3.63) is 24.3 Å². The summed E-state index contributed by atoms with van der Waals surface area (Å²) in [5.41, 5.74) is 1.65. The summed E-state index contributed by atoms with van der Waals surface area (Å²) < 4.78 is 1.72. The lowest BCUT2D eigenvalue weighted by atomic mass is 10.1. The summed E-state index contributed by atoms with van der Waals surface area (Å²) in [6, 6.07) is 7.13. The van der Waals surface area contributed by atoms with Crippen LogP contribution in [0, 0.1) is 0 Å². The fraction of sp³-hybridized carbons (Fsp3) is 0.429.